The van der Waals surface area contributed by atoms with Crippen molar-refractivity contribution in [3.8, 4) is 5.75 Å². The van der Waals surface area contributed by atoms with Crippen molar-refractivity contribution >= 4 is 5.91 Å². The number of rotatable bonds is 7. The molecule has 1 amide bonds. The first-order valence-electron chi connectivity index (χ1n) is 6.23. The maximum Gasteiger partial charge on any atom is 0.419 e. The maximum atomic E-state index is 12.7. The first-order chi connectivity index (χ1) is 9.45. The Kier molecular flexibility index (Phi) is 6.30. The molecule has 0 spiro atoms. The third kappa shape index (κ3) is 5.48. The van der Waals surface area contributed by atoms with Gasteiger partial charge in [-0.15, -0.1) is 0 Å². The summed E-state index contributed by atoms with van der Waals surface area (Å²) < 4.78 is 43.2. The van der Waals surface area contributed by atoms with E-state index in [-0.39, 0.29) is 18.3 Å². The highest BCUT2D eigenvalue weighted by Gasteiger charge is 2.33. The summed E-state index contributed by atoms with van der Waals surface area (Å²) in [6.45, 7) is 0.178. The van der Waals surface area contributed by atoms with Gasteiger partial charge < -0.3 is 4.74 Å². The molecule has 3 N–H and O–H groups in total. The molecule has 0 unspecified atom stereocenters. The highest BCUT2D eigenvalue weighted by Crippen LogP contribution is 2.35. The summed E-state index contributed by atoms with van der Waals surface area (Å²) >= 11 is 0. The molecule has 1 aromatic carbocycles. The Hall–Kier alpha value is -1.76. The number of unbranched alkanes of at least 4 members (excludes halogenated alkanes) is 2. The van der Waals surface area contributed by atoms with Gasteiger partial charge in [0.2, 0.25) is 5.91 Å². The topological polar surface area (TPSA) is 64.3 Å². The number of hydrogen-bond donors (Lipinski definition) is 2. The van der Waals surface area contributed by atoms with E-state index in [0.717, 1.165) is 6.07 Å². The molecule has 20 heavy (non-hydrogen) atoms. The minimum atomic E-state index is -4.42. The van der Waals surface area contributed by atoms with Crippen molar-refractivity contribution < 1.29 is 22.7 Å². The van der Waals surface area contributed by atoms with E-state index >= 15 is 0 Å². The summed E-state index contributed by atoms with van der Waals surface area (Å²) in [5, 5.41) is 0. The van der Waals surface area contributed by atoms with Crippen molar-refractivity contribution in [3.63, 3.8) is 0 Å². The largest absolute Gasteiger partial charge is 0.493 e. The lowest BCUT2D eigenvalue weighted by atomic mass is 10.2. The van der Waals surface area contributed by atoms with Gasteiger partial charge in [-0.1, -0.05) is 12.1 Å². The number of hydrazine groups is 1. The van der Waals surface area contributed by atoms with Crippen LogP contribution in [0, 0.1) is 0 Å². The Labute approximate surface area is 115 Å². The predicted octanol–water partition coefficient (Wildman–Crippen LogP) is 2.63. The summed E-state index contributed by atoms with van der Waals surface area (Å²) in [6, 6.07) is 5.10. The van der Waals surface area contributed by atoms with Crippen molar-refractivity contribution in [2.24, 2.45) is 5.84 Å². The molecule has 7 heteroatoms. The number of halogens is 3. The van der Waals surface area contributed by atoms with Gasteiger partial charge in [-0.2, -0.15) is 13.2 Å². The van der Waals surface area contributed by atoms with Gasteiger partial charge in [-0.25, -0.2) is 5.84 Å². The summed E-state index contributed by atoms with van der Waals surface area (Å²) in [7, 11) is 0. The van der Waals surface area contributed by atoms with Gasteiger partial charge in [-0.05, 0) is 31.4 Å². The van der Waals surface area contributed by atoms with Crippen molar-refractivity contribution in [2.45, 2.75) is 31.9 Å². The number of hydrogen-bond acceptors (Lipinski definition) is 3. The molecule has 0 aliphatic carbocycles. The van der Waals surface area contributed by atoms with Crippen LogP contribution in [0.15, 0.2) is 24.3 Å². The summed E-state index contributed by atoms with van der Waals surface area (Å²) in [5.74, 6) is 4.49. The highest BCUT2D eigenvalue weighted by atomic mass is 19.4. The van der Waals surface area contributed by atoms with Crippen molar-refractivity contribution in [1.29, 1.82) is 0 Å². The quantitative estimate of drug-likeness (QED) is 0.351. The molecule has 112 valence electrons. The second-order valence-corrected chi connectivity index (χ2v) is 4.22. The van der Waals surface area contributed by atoms with Crippen LogP contribution in [-0.2, 0) is 11.0 Å². The average molecular weight is 290 g/mol. The van der Waals surface area contributed by atoms with Crippen LogP contribution in [-0.4, -0.2) is 12.5 Å². The zero-order chi connectivity index (χ0) is 15.0. The molecular formula is C13H17F3N2O2. The predicted molar refractivity (Wildman–Crippen MR) is 67.7 cm³/mol. The first kappa shape index (κ1) is 16.3. The minimum Gasteiger partial charge on any atom is -0.493 e. The first-order valence-corrected chi connectivity index (χ1v) is 6.23. The lowest BCUT2D eigenvalue weighted by Crippen LogP contribution is -2.29. The van der Waals surface area contributed by atoms with Gasteiger partial charge in [0, 0.05) is 6.42 Å². The summed E-state index contributed by atoms with van der Waals surface area (Å²) in [4.78, 5) is 10.8. The standard InChI is InChI=1S/C13H17F3N2O2/c14-13(15,16)10-6-3-4-7-11(10)20-9-5-1-2-8-12(19)18-17/h3-4,6-7H,1-2,5,8-9,17H2,(H,18,19). The Morgan fingerprint density at radius 3 is 2.55 bits per heavy atom. The lowest BCUT2D eigenvalue weighted by molar-refractivity contribution is -0.139. The third-order valence-corrected chi connectivity index (χ3v) is 2.66. The van der Waals surface area contributed by atoms with Crippen LogP contribution in [0.2, 0.25) is 0 Å². The number of nitrogens with one attached hydrogen (secondary N) is 1. The van der Waals surface area contributed by atoms with Crippen molar-refractivity contribution in [3.05, 3.63) is 29.8 Å². The third-order valence-electron chi connectivity index (χ3n) is 2.66. The number of ether oxygens (including phenoxy) is 1. The molecule has 0 fully saturated rings. The van der Waals surface area contributed by atoms with Crippen molar-refractivity contribution in [2.75, 3.05) is 6.61 Å². The van der Waals surface area contributed by atoms with E-state index in [1.54, 1.807) is 0 Å². The van der Waals surface area contributed by atoms with Crippen LogP contribution in [0.1, 0.15) is 31.2 Å². The molecule has 0 bridgehead atoms. The van der Waals surface area contributed by atoms with Crippen LogP contribution in [0.25, 0.3) is 0 Å². The number of carbonyl (C=O) groups excluding carboxylic acids is 1. The fourth-order valence-electron chi connectivity index (χ4n) is 1.65. The molecule has 1 aromatic rings. The molecule has 0 saturated carbocycles. The van der Waals surface area contributed by atoms with Crippen LogP contribution in [0.4, 0.5) is 13.2 Å². The molecule has 0 aromatic heterocycles. The van der Waals surface area contributed by atoms with Crippen LogP contribution in [0.5, 0.6) is 5.75 Å². The zero-order valence-corrected chi connectivity index (χ0v) is 10.9. The van der Waals surface area contributed by atoms with E-state index in [0.29, 0.717) is 25.7 Å². The molecule has 0 atom stereocenters. The number of benzene rings is 1. The van der Waals surface area contributed by atoms with Crippen LogP contribution < -0.4 is 16.0 Å². The molecule has 0 radical (unpaired) electrons. The van der Waals surface area contributed by atoms with Gasteiger partial charge in [0.25, 0.3) is 0 Å². The highest BCUT2D eigenvalue weighted by molar-refractivity contribution is 5.75. The molecule has 0 aliphatic rings. The van der Waals surface area contributed by atoms with E-state index in [9.17, 15) is 18.0 Å². The number of nitrogens with two attached hydrogens (primary N) is 1. The van der Waals surface area contributed by atoms with Crippen molar-refractivity contribution in [1.82, 2.24) is 5.43 Å². The van der Waals surface area contributed by atoms with Gasteiger partial charge in [0.15, 0.2) is 0 Å². The second kappa shape index (κ2) is 7.74. The lowest BCUT2D eigenvalue weighted by Gasteiger charge is -2.13. The van der Waals surface area contributed by atoms with Gasteiger partial charge in [0.1, 0.15) is 5.75 Å². The Bertz CT molecular complexity index is 436. The molecule has 4 nitrogen and oxygen atoms in total. The van der Waals surface area contributed by atoms with Gasteiger partial charge in [0.05, 0.1) is 12.2 Å². The fraction of sp³-hybridized carbons (Fsp3) is 0.462. The summed E-state index contributed by atoms with van der Waals surface area (Å²) in [5.41, 5.74) is 1.24. The smallest absolute Gasteiger partial charge is 0.419 e. The molecule has 0 aliphatic heterocycles. The van der Waals surface area contributed by atoms with Crippen LogP contribution in [0.3, 0.4) is 0 Å². The monoisotopic (exact) mass is 290 g/mol. The minimum absolute atomic E-state index is 0.167. The van der Waals surface area contributed by atoms with Gasteiger partial charge >= 0.3 is 6.18 Å². The van der Waals surface area contributed by atoms with E-state index in [1.165, 1.54) is 18.2 Å². The molecule has 1 rings (SSSR count). The van der Waals surface area contributed by atoms with E-state index in [1.807, 2.05) is 5.43 Å². The molecular weight excluding hydrogens is 273 g/mol. The van der Waals surface area contributed by atoms with Crippen LogP contribution >= 0.6 is 0 Å². The fourth-order valence-corrected chi connectivity index (χ4v) is 1.65. The normalized spacial score (nSPS) is 11.2. The number of alkyl halides is 3. The average Bonchev–Trinajstić information content (AvgIpc) is 2.41. The molecule has 0 saturated heterocycles. The number of carbonyl (C=O) groups is 1. The molecule has 0 heterocycles. The van der Waals surface area contributed by atoms with E-state index in [2.05, 4.69) is 0 Å². The second-order valence-electron chi connectivity index (χ2n) is 4.22. The zero-order valence-electron chi connectivity index (χ0n) is 10.9. The Balaban J connectivity index is 2.34. The number of amides is 1. The van der Waals surface area contributed by atoms with E-state index < -0.39 is 11.7 Å². The Morgan fingerprint density at radius 1 is 1.20 bits per heavy atom. The van der Waals surface area contributed by atoms with E-state index in [4.69, 9.17) is 10.6 Å². The maximum absolute atomic E-state index is 12.7. The number of para-hydroxylation sites is 1. The Morgan fingerprint density at radius 2 is 1.90 bits per heavy atom. The summed E-state index contributed by atoms with van der Waals surface area (Å²) in [6.07, 6.45) is -2.25. The van der Waals surface area contributed by atoms with Gasteiger partial charge in [-0.3, -0.25) is 10.2 Å². The SMILES string of the molecule is NNC(=O)CCCCCOc1ccccc1C(F)(F)F.